The summed E-state index contributed by atoms with van der Waals surface area (Å²) in [6, 6.07) is 7.18. The monoisotopic (exact) mass is 314 g/mol. The molecule has 0 unspecified atom stereocenters. The lowest BCUT2D eigenvalue weighted by Gasteiger charge is -2.16. The number of hydrogen-bond donors (Lipinski definition) is 1. The molecule has 0 aliphatic rings. The van der Waals surface area contributed by atoms with Crippen molar-refractivity contribution in [2.45, 2.75) is 13.8 Å². The number of nitrogens with zero attached hydrogens (tertiary/aromatic N) is 1. The Morgan fingerprint density at radius 3 is 2.82 bits per heavy atom. The van der Waals surface area contributed by atoms with Crippen molar-refractivity contribution in [2.75, 3.05) is 6.54 Å². The van der Waals surface area contributed by atoms with Crippen LogP contribution in [0, 0.1) is 16.7 Å². The number of hydrogen-bond acceptors (Lipinski definition) is 2. The summed E-state index contributed by atoms with van der Waals surface area (Å²) in [4.78, 5) is 11.9. The number of carbonyl (C=O) groups is 1. The Kier molecular flexibility index (Phi) is 4.55. The third kappa shape index (κ3) is 4.03. The zero-order chi connectivity index (χ0) is 13.1. The average Bonchev–Trinajstić information content (AvgIpc) is 2.29. The molecular formula is C12H12BrClN2O. The Bertz CT molecular complexity index is 480. The molecule has 0 bridgehead atoms. The van der Waals surface area contributed by atoms with Crippen molar-refractivity contribution in [1.29, 1.82) is 5.26 Å². The quantitative estimate of drug-likeness (QED) is 0.929. The van der Waals surface area contributed by atoms with Gasteiger partial charge in [0, 0.05) is 11.0 Å². The van der Waals surface area contributed by atoms with E-state index in [9.17, 15) is 4.79 Å². The first-order valence-electron chi connectivity index (χ1n) is 5.00. The van der Waals surface area contributed by atoms with Gasteiger partial charge < -0.3 is 5.32 Å². The summed E-state index contributed by atoms with van der Waals surface area (Å²) in [5.41, 5.74) is -0.191. The zero-order valence-electron chi connectivity index (χ0n) is 9.55. The standard InChI is InChI=1S/C12H12BrClN2O/c1-12(2,6-15)7-16-11(17)9-5-8(13)3-4-10(9)14/h3-5H,7H2,1-2H3,(H,16,17). The smallest absolute Gasteiger partial charge is 0.252 e. The Hall–Kier alpha value is -1.05. The number of benzene rings is 1. The molecule has 0 aliphatic carbocycles. The molecule has 1 N–H and O–H groups in total. The van der Waals surface area contributed by atoms with Gasteiger partial charge in [-0.15, -0.1) is 0 Å². The van der Waals surface area contributed by atoms with Gasteiger partial charge in [0.15, 0.2) is 0 Å². The predicted molar refractivity (Wildman–Crippen MR) is 70.9 cm³/mol. The van der Waals surface area contributed by atoms with E-state index < -0.39 is 5.41 Å². The number of rotatable bonds is 3. The van der Waals surface area contributed by atoms with Crippen molar-refractivity contribution < 1.29 is 4.79 Å². The highest BCUT2D eigenvalue weighted by molar-refractivity contribution is 9.10. The normalized spacial score (nSPS) is 10.8. The van der Waals surface area contributed by atoms with Crippen molar-refractivity contribution in [2.24, 2.45) is 5.41 Å². The van der Waals surface area contributed by atoms with E-state index in [4.69, 9.17) is 16.9 Å². The maximum atomic E-state index is 11.9. The highest BCUT2D eigenvalue weighted by Crippen LogP contribution is 2.21. The van der Waals surface area contributed by atoms with Gasteiger partial charge in [-0.1, -0.05) is 27.5 Å². The van der Waals surface area contributed by atoms with E-state index in [1.807, 2.05) is 0 Å². The van der Waals surface area contributed by atoms with E-state index in [2.05, 4.69) is 27.3 Å². The van der Waals surface area contributed by atoms with Crippen molar-refractivity contribution in [3.8, 4) is 6.07 Å². The number of nitriles is 1. The van der Waals surface area contributed by atoms with Crippen LogP contribution in [0.1, 0.15) is 24.2 Å². The molecule has 0 radical (unpaired) electrons. The fraction of sp³-hybridized carbons (Fsp3) is 0.333. The van der Waals surface area contributed by atoms with Gasteiger partial charge in [-0.3, -0.25) is 4.79 Å². The van der Waals surface area contributed by atoms with Crippen molar-refractivity contribution >= 4 is 33.4 Å². The molecule has 0 aromatic heterocycles. The first-order chi connectivity index (χ1) is 7.85. The molecule has 0 fully saturated rings. The topological polar surface area (TPSA) is 52.9 Å². The fourth-order valence-electron chi connectivity index (χ4n) is 1.11. The highest BCUT2D eigenvalue weighted by Gasteiger charge is 2.19. The van der Waals surface area contributed by atoms with E-state index in [1.165, 1.54) is 0 Å². The lowest BCUT2D eigenvalue weighted by Crippen LogP contribution is -2.33. The van der Waals surface area contributed by atoms with Gasteiger partial charge in [-0.25, -0.2) is 0 Å². The summed E-state index contributed by atoms with van der Waals surface area (Å²) < 4.78 is 0.784. The first kappa shape index (κ1) is 14.0. The number of amides is 1. The van der Waals surface area contributed by atoms with Crippen LogP contribution in [-0.2, 0) is 0 Å². The van der Waals surface area contributed by atoms with E-state index in [0.29, 0.717) is 10.6 Å². The summed E-state index contributed by atoms with van der Waals surface area (Å²) in [5, 5.41) is 11.9. The van der Waals surface area contributed by atoms with E-state index >= 15 is 0 Å². The molecule has 17 heavy (non-hydrogen) atoms. The van der Waals surface area contributed by atoms with Crippen LogP contribution in [0.25, 0.3) is 0 Å². The summed E-state index contributed by atoms with van der Waals surface area (Å²) in [6.45, 7) is 3.80. The second-order valence-corrected chi connectivity index (χ2v) is 5.63. The minimum absolute atomic E-state index is 0.278. The molecule has 1 aromatic carbocycles. The Morgan fingerprint density at radius 2 is 2.24 bits per heavy atom. The third-order valence-electron chi connectivity index (χ3n) is 2.17. The molecule has 3 nitrogen and oxygen atoms in total. The van der Waals surface area contributed by atoms with Crippen LogP contribution in [0.4, 0.5) is 0 Å². The fourth-order valence-corrected chi connectivity index (χ4v) is 1.67. The number of nitrogens with one attached hydrogen (secondary N) is 1. The molecule has 90 valence electrons. The van der Waals surface area contributed by atoms with Crippen LogP contribution in [0.5, 0.6) is 0 Å². The summed E-state index contributed by atoms with van der Waals surface area (Å²) in [7, 11) is 0. The molecule has 0 aliphatic heterocycles. The van der Waals surface area contributed by atoms with Crippen LogP contribution < -0.4 is 5.32 Å². The Balaban J connectivity index is 2.78. The van der Waals surface area contributed by atoms with E-state index in [-0.39, 0.29) is 12.5 Å². The SMILES string of the molecule is CC(C)(C#N)CNC(=O)c1cc(Br)ccc1Cl. The van der Waals surface area contributed by atoms with Crippen LogP contribution in [-0.4, -0.2) is 12.5 Å². The predicted octanol–water partition coefficient (Wildman–Crippen LogP) is 3.38. The van der Waals surface area contributed by atoms with Gasteiger partial charge in [0.2, 0.25) is 0 Å². The molecule has 1 rings (SSSR count). The van der Waals surface area contributed by atoms with Gasteiger partial charge in [0.1, 0.15) is 0 Å². The lowest BCUT2D eigenvalue weighted by atomic mass is 9.96. The maximum Gasteiger partial charge on any atom is 0.252 e. The minimum atomic E-state index is -0.589. The van der Waals surface area contributed by atoms with Crippen LogP contribution in [0.2, 0.25) is 5.02 Å². The van der Waals surface area contributed by atoms with Gasteiger partial charge >= 0.3 is 0 Å². The van der Waals surface area contributed by atoms with Gasteiger partial charge in [0.25, 0.3) is 5.91 Å². The summed E-state index contributed by atoms with van der Waals surface area (Å²) >= 11 is 9.21. The largest absolute Gasteiger partial charge is 0.350 e. The number of halogens is 2. The molecule has 0 heterocycles. The second-order valence-electron chi connectivity index (χ2n) is 4.30. The minimum Gasteiger partial charge on any atom is -0.350 e. The maximum absolute atomic E-state index is 11.9. The molecule has 1 amide bonds. The van der Waals surface area contributed by atoms with Crippen LogP contribution >= 0.6 is 27.5 Å². The summed E-state index contributed by atoms with van der Waals surface area (Å²) in [6.07, 6.45) is 0. The number of carbonyl (C=O) groups excluding carboxylic acids is 1. The molecule has 5 heteroatoms. The van der Waals surface area contributed by atoms with Crippen molar-refractivity contribution in [3.63, 3.8) is 0 Å². The Morgan fingerprint density at radius 1 is 1.59 bits per heavy atom. The van der Waals surface area contributed by atoms with E-state index in [1.54, 1.807) is 32.0 Å². The lowest BCUT2D eigenvalue weighted by molar-refractivity contribution is 0.0944. The first-order valence-corrected chi connectivity index (χ1v) is 6.17. The molecular weight excluding hydrogens is 304 g/mol. The van der Waals surface area contributed by atoms with Crippen molar-refractivity contribution in [1.82, 2.24) is 5.32 Å². The van der Waals surface area contributed by atoms with Crippen LogP contribution in [0.3, 0.4) is 0 Å². The van der Waals surface area contributed by atoms with Gasteiger partial charge in [-0.05, 0) is 32.0 Å². The van der Waals surface area contributed by atoms with Crippen molar-refractivity contribution in [3.05, 3.63) is 33.3 Å². The van der Waals surface area contributed by atoms with Crippen LogP contribution in [0.15, 0.2) is 22.7 Å². The summed E-state index contributed by atoms with van der Waals surface area (Å²) in [5.74, 6) is -0.278. The highest BCUT2D eigenvalue weighted by atomic mass is 79.9. The molecule has 0 saturated carbocycles. The Labute approximate surface area is 114 Å². The molecule has 0 saturated heterocycles. The van der Waals surface area contributed by atoms with Gasteiger partial charge in [0.05, 0.1) is 22.1 Å². The second kappa shape index (κ2) is 5.52. The third-order valence-corrected chi connectivity index (χ3v) is 2.99. The average molecular weight is 316 g/mol. The molecule has 0 spiro atoms. The molecule has 1 aromatic rings. The van der Waals surface area contributed by atoms with E-state index in [0.717, 1.165) is 4.47 Å². The van der Waals surface area contributed by atoms with Gasteiger partial charge in [-0.2, -0.15) is 5.26 Å². The molecule has 0 atom stereocenters. The zero-order valence-corrected chi connectivity index (χ0v) is 11.9.